The standard InChI is InChI=1S/C25H16N6OS/c26-13-15-9-11-16(12-10-15)20-14-33-25(28-20)30-29-22-18-6-2-4-8-21(18)31-23(22)27-19-7-3-1-5-17(19)24(31)32/h1-12,14,17,23H,(H,28,30)/b29-22-. The number of carbonyl (C=O) groups is 1. The Morgan fingerprint density at radius 1 is 1.12 bits per heavy atom. The number of aliphatic imine (C=N–C) groups is 1. The van der Waals surface area contributed by atoms with Crippen LogP contribution < -0.4 is 10.3 Å². The van der Waals surface area contributed by atoms with E-state index in [-0.39, 0.29) is 11.8 Å². The number of benzene rings is 2. The first-order valence-electron chi connectivity index (χ1n) is 10.4. The number of fused-ring (bicyclic) bond motifs is 4. The maximum absolute atomic E-state index is 13.3. The number of hydrogen-bond donors (Lipinski definition) is 1. The highest BCUT2D eigenvalue weighted by atomic mass is 32.1. The number of carbonyl (C=O) groups excluding carboxylic acids is 1. The maximum Gasteiger partial charge on any atom is 0.242 e. The minimum atomic E-state index is -0.511. The molecule has 2 unspecified atom stereocenters. The molecule has 1 N–H and O–H groups in total. The summed E-state index contributed by atoms with van der Waals surface area (Å²) in [6, 6.07) is 17.2. The number of anilines is 2. The molecule has 8 heteroatoms. The minimum Gasteiger partial charge on any atom is -0.282 e. The predicted octanol–water partition coefficient (Wildman–Crippen LogP) is 4.37. The number of nitriles is 1. The number of rotatable bonds is 3. The Kier molecular flexibility index (Phi) is 4.49. The first-order chi connectivity index (χ1) is 16.2. The van der Waals surface area contributed by atoms with E-state index in [9.17, 15) is 4.79 Å². The van der Waals surface area contributed by atoms with Gasteiger partial charge in [0.2, 0.25) is 11.0 Å². The van der Waals surface area contributed by atoms with Gasteiger partial charge in [0.15, 0.2) is 6.17 Å². The molecule has 2 aliphatic heterocycles. The van der Waals surface area contributed by atoms with Crippen molar-refractivity contribution in [1.29, 1.82) is 5.26 Å². The summed E-state index contributed by atoms with van der Waals surface area (Å²) in [7, 11) is 0. The molecule has 3 heterocycles. The third-order valence-corrected chi connectivity index (χ3v) is 6.54. The van der Waals surface area contributed by atoms with Crippen molar-refractivity contribution in [2.75, 3.05) is 10.3 Å². The number of amides is 1. The van der Waals surface area contributed by atoms with Crippen LogP contribution in [0.25, 0.3) is 11.3 Å². The number of thiazole rings is 1. The lowest BCUT2D eigenvalue weighted by Gasteiger charge is -2.32. The van der Waals surface area contributed by atoms with E-state index in [1.54, 1.807) is 17.0 Å². The molecular weight excluding hydrogens is 432 g/mol. The Bertz CT molecular complexity index is 1440. The summed E-state index contributed by atoms with van der Waals surface area (Å²) >= 11 is 1.44. The molecule has 0 spiro atoms. The molecule has 0 radical (unpaired) electrons. The van der Waals surface area contributed by atoms with Crippen LogP contribution in [0.5, 0.6) is 0 Å². The van der Waals surface area contributed by atoms with E-state index in [0.717, 1.165) is 28.2 Å². The van der Waals surface area contributed by atoms with Gasteiger partial charge >= 0.3 is 0 Å². The summed E-state index contributed by atoms with van der Waals surface area (Å²) in [4.78, 5) is 24.5. The SMILES string of the molecule is N#Cc1ccc(-c2csc(N/N=C3/c4ccccc4N4C(=O)C5C=CC=CC5=NC34)n2)cc1. The molecule has 33 heavy (non-hydrogen) atoms. The van der Waals surface area contributed by atoms with Crippen molar-refractivity contribution in [1.82, 2.24) is 4.98 Å². The van der Waals surface area contributed by atoms with Crippen molar-refractivity contribution in [3.05, 3.63) is 89.3 Å². The molecule has 2 aromatic carbocycles. The molecule has 3 aliphatic rings. The molecule has 6 rings (SSSR count). The average Bonchev–Trinajstić information content (AvgIpc) is 3.46. The van der Waals surface area contributed by atoms with Crippen molar-refractivity contribution < 1.29 is 4.79 Å². The number of para-hydroxylation sites is 1. The van der Waals surface area contributed by atoms with Crippen LogP contribution in [0.15, 0.2) is 88.3 Å². The zero-order valence-electron chi connectivity index (χ0n) is 17.2. The molecule has 0 bridgehead atoms. The van der Waals surface area contributed by atoms with Crippen LogP contribution in [0.4, 0.5) is 10.8 Å². The summed E-state index contributed by atoms with van der Waals surface area (Å²) in [6.07, 6.45) is 7.04. The van der Waals surface area contributed by atoms with Crippen LogP contribution >= 0.6 is 11.3 Å². The Hall–Kier alpha value is -4.35. The van der Waals surface area contributed by atoms with Gasteiger partial charge in [-0.1, -0.05) is 48.6 Å². The zero-order chi connectivity index (χ0) is 22.4. The fraction of sp³-hybridized carbons (Fsp3) is 0.0800. The molecule has 3 aromatic rings. The van der Waals surface area contributed by atoms with Gasteiger partial charge in [-0.2, -0.15) is 10.4 Å². The van der Waals surface area contributed by atoms with Gasteiger partial charge in [0, 0.05) is 16.5 Å². The normalized spacial score (nSPS) is 21.3. The predicted molar refractivity (Wildman–Crippen MR) is 129 cm³/mol. The van der Waals surface area contributed by atoms with Crippen LogP contribution in [0, 0.1) is 17.2 Å². The van der Waals surface area contributed by atoms with E-state index in [1.165, 1.54) is 11.3 Å². The quantitative estimate of drug-likeness (QED) is 0.602. The van der Waals surface area contributed by atoms with Gasteiger partial charge in [-0.15, -0.1) is 11.3 Å². The molecule has 158 valence electrons. The third kappa shape index (κ3) is 3.18. The molecule has 0 saturated heterocycles. The van der Waals surface area contributed by atoms with E-state index < -0.39 is 6.17 Å². The summed E-state index contributed by atoms with van der Waals surface area (Å²) < 4.78 is 0. The summed E-state index contributed by atoms with van der Waals surface area (Å²) in [6.45, 7) is 0. The first kappa shape index (κ1) is 19.3. The largest absolute Gasteiger partial charge is 0.282 e. The number of aromatic nitrogens is 1. The second-order valence-electron chi connectivity index (χ2n) is 7.71. The van der Waals surface area contributed by atoms with Gasteiger partial charge in [0.05, 0.1) is 34.6 Å². The van der Waals surface area contributed by atoms with Crippen molar-refractivity contribution in [3.63, 3.8) is 0 Å². The van der Waals surface area contributed by atoms with Gasteiger partial charge in [0.1, 0.15) is 5.71 Å². The summed E-state index contributed by atoms with van der Waals surface area (Å²) in [5.74, 6) is -0.360. The highest BCUT2D eigenvalue weighted by Gasteiger charge is 2.45. The molecule has 7 nitrogen and oxygen atoms in total. The lowest BCUT2D eigenvalue weighted by atomic mass is 9.94. The van der Waals surface area contributed by atoms with Gasteiger partial charge in [-0.25, -0.2) is 4.98 Å². The van der Waals surface area contributed by atoms with E-state index >= 15 is 0 Å². The Morgan fingerprint density at radius 3 is 2.82 bits per heavy atom. The van der Waals surface area contributed by atoms with Crippen molar-refractivity contribution in [2.45, 2.75) is 6.17 Å². The Morgan fingerprint density at radius 2 is 1.97 bits per heavy atom. The van der Waals surface area contributed by atoms with E-state index in [1.807, 2.05) is 66.1 Å². The number of nitrogens with zero attached hydrogens (tertiary/aromatic N) is 5. The Labute approximate surface area is 193 Å². The number of hydrogen-bond acceptors (Lipinski definition) is 7. The molecule has 2 atom stereocenters. The van der Waals surface area contributed by atoms with Crippen LogP contribution in [-0.4, -0.2) is 28.5 Å². The topological polar surface area (TPSA) is 93.7 Å². The first-order valence-corrected chi connectivity index (χ1v) is 11.3. The number of hydrazone groups is 1. The van der Waals surface area contributed by atoms with Crippen LogP contribution in [0.2, 0.25) is 0 Å². The maximum atomic E-state index is 13.3. The number of nitrogens with one attached hydrogen (secondary N) is 1. The van der Waals surface area contributed by atoms with Crippen molar-refractivity contribution >= 4 is 39.5 Å². The van der Waals surface area contributed by atoms with E-state index in [2.05, 4.69) is 21.6 Å². The van der Waals surface area contributed by atoms with Gasteiger partial charge in [-0.3, -0.25) is 20.1 Å². The summed E-state index contributed by atoms with van der Waals surface area (Å²) in [5.41, 5.74) is 8.53. The van der Waals surface area contributed by atoms with Gasteiger partial charge in [0.25, 0.3) is 0 Å². The lowest BCUT2D eigenvalue weighted by molar-refractivity contribution is -0.119. The molecular formula is C25H16N6OS. The molecule has 1 aromatic heterocycles. The fourth-order valence-electron chi connectivity index (χ4n) is 4.21. The molecule has 1 aliphatic carbocycles. The minimum absolute atomic E-state index is 0.000556. The fourth-order valence-corrected chi connectivity index (χ4v) is 4.87. The summed E-state index contributed by atoms with van der Waals surface area (Å²) in [5, 5.41) is 16.2. The van der Waals surface area contributed by atoms with Crippen LogP contribution in [-0.2, 0) is 4.79 Å². The van der Waals surface area contributed by atoms with Crippen molar-refractivity contribution in [3.8, 4) is 17.3 Å². The molecule has 0 fully saturated rings. The number of allylic oxidation sites excluding steroid dienone is 3. The molecule has 0 saturated carbocycles. The Balaban J connectivity index is 1.34. The van der Waals surface area contributed by atoms with Crippen molar-refractivity contribution in [2.24, 2.45) is 16.0 Å². The second-order valence-corrected chi connectivity index (χ2v) is 8.57. The van der Waals surface area contributed by atoms with E-state index in [4.69, 9.17) is 10.3 Å². The van der Waals surface area contributed by atoms with Crippen LogP contribution in [0.1, 0.15) is 11.1 Å². The average molecular weight is 449 g/mol. The van der Waals surface area contributed by atoms with Gasteiger partial charge < -0.3 is 0 Å². The van der Waals surface area contributed by atoms with E-state index in [0.29, 0.717) is 16.4 Å². The monoisotopic (exact) mass is 448 g/mol. The third-order valence-electron chi connectivity index (χ3n) is 5.79. The smallest absolute Gasteiger partial charge is 0.242 e. The van der Waals surface area contributed by atoms with Gasteiger partial charge in [-0.05, 0) is 24.3 Å². The zero-order valence-corrected chi connectivity index (χ0v) is 18.0. The molecule has 1 amide bonds. The highest BCUT2D eigenvalue weighted by molar-refractivity contribution is 7.14. The second kappa shape index (κ2) is 7.65. The lowest BCUT2D eigenvalue weighted by Crippen LogP contribution is -2.49. The van der Waals surface area contributed by atoms with Crippen LogP contribution in [0.3, 0.4) is 0 Å². The highest BCUT2D eigenvalue weighted by Crippen LogP contribution is 2.38.